The van der Waals surface area contributed by atoms with E-state index in [9.17, 15) is 5.11 Å². The fraction of sp³-hybridized carbons (Fsp3) is 0.111. The molecule has 0 fully saturated rings. The highest BCUT2D eigenvalue weighted by Gasteiger charge is 2.13. The standard InChI is InChI=1S/C18H15N3O3S/c1-23-11-5-10(6-12(7-11)24-2)19-8-13-16-14(21-18(13)22)3-4-15-17(16)25-9-20-15/h3-9,21-22H,1-2H3. The van der Waals surface area contributed by atoms with Crippen molar-refractivity contribution in [1.82, 2.24) is 9.97 Å². The van der Waals surface area contributed by atoms with Crippen LogP contribution in [0.2, 0.25) is 0 Å². The van der Waals surface area contributed by atoms with Crippen molar-refractivity contribution in [2.75, 3.05) is 14.2 Å². The van der Waals surface area contributed by atoms with Crippen molar-refractivity contribution in [2.24, 2.45) is 4.99 Å². The summed E-state index contributed by atoms with van der Waals surface area (Å²) in [6, 6.07) is 9.21. The van der Waals surface area contributed by atoms with Crippen molar-refractivity contribution >= 4 is 44.4 Å². The van der Waals surface area contributed by atoms with E-state index < -0.39 is 0 Å². The number of aliphatic imine (C=N–C) groups is 1. The Morgan fingerprint density at radius 3 is 2.64 bits per heavy atom. The molecule has 2 N–H and O–H groups in total. The van der Waals surface area contributed by atoms with E-state index in [2.05, 4.69) is 15.0 Å². The molecule has 0 saturated heterocycles. The molecule has 0 radical (unpaired) electrons. The van der Waals surface area contributed by atoms with Gasteiger partial charge >= 0.3 is 0 Å². The fourth-order valence-corrected chi connectivity index (χ4v) is 3.60. The van der Waals surface area contributed by atoms with Crippen LogP contribution in [-0.4, -0.2) is 35.5 Å². The van der Waals surface area contributed by atoms with Gasteiger partial charge in [0.1, 0.15) is 11.5 Å². The molecule has 4 aromatic rings. The van der Waals surface area contributed by atoms with E-state index in [1.807, 2.05) is 12.1 Å². The lowest BCUT2D eigenvalue weighted by molar-refractivity contribution is 0.394. The topological polar surface area (TPSA) is 79.7 Å². The van der Waals surface area contributed by atoms with Crippen LogP contribution in [0.25, 0.3) is 21.1 Å². The summed E-state index contributed by atoms with van der Waals surface area (Å²) in [7, 11) is 3.18. The molecule has 6 nitrogen and oxygen atoms in total. The van der Waals surface area contributed by atoms with Crippen LogP contribution in [0.3, 0.4) is 0 Å². The largest absolute Gasteiger partial charge is 0.497 e. The first-order valence-electron chi connectivity index (χ1n) is 7.53. The minimum absolute atomic E-state index is 0.0783. The lowest BCUT2D eigenvalue weighted by atomic mass is 10.1. The number of rotatable bonds is 4. The molecule has 7 heteroatoms. The van der Waals surface area contributed by atoms with Crippen molar-refractivity contribution in [3.05, 3.63) is 41.4 Å². The zero-order valence-electron chi connectivity index (χ0n) is 13.6. The van der Waals surface area contributed by atoms with Gasteiger partial charge in [0.25, 0.3) is 0 Å². The Morgan fingerprint density at radius 2 is 1.92 bits per heavy atom. The molecule has 2 aromatic carbocycles. The molecule has 0 atom stereocenters. The molecule has 2 aromatic heterocycles. The monoisotopic (exact) mass is 353 g/mol. The third-order valence-electron chi connectivity index (χ3n) is 3.96. The number of ether oxygens (including phenoxy) is 2. The number of aromatic hydroxyl groups is 1. The van der Waals surface area contributed by atoms with Gasteiger partial charge in [0.05, 0.1) is 46.7 Å². The quantitative estimate of drug-likeness (QED) is 0.538. The minimum Gasteiger partial charge on any atom is -0.497 e. The van der Waals surface area contributed by atoms with Crippen molar-refractivity contribution in [3.63, 3.8) is 0 Å². The van der Waals surface area contributed by atoms with Gasteiger partial charge in [-0.2, -0.15) is 0 Å². The zero-order valence-corrected chi connectivity index (χ0v) is 14.4. The van der Waals surface area contributed by atoms with Crippen LogP contribution >= 0.6 is 11.3 Å². The lowest BCUT2D eigenvalue weighted by Crippen LogP contribution is -1.87. The molecular weight excluding hydrogens is 338 g/mol. The molecule has 0 amide bonds. The van der Waals surface area contributed by atoms with Crippen LogP contribution in [0.1, 0.15) is 5.56 Å². The molecule has 0 aliphatic rings. The van der Waals surface area contributed by atoms with Crippen LogP contribution in [0, 0.1) is 0 Å². The summed E-state index contributed by atoms with van der Waals surface area (Å²) in [5, 5.41) is 11.2. The number of methoxy groups -OCH3 is 2. The molecule has 0 bridgehead atoms. The van der Waals surface area contributed by atoms with Gasteiger partial charge in [-0.15, -0.1) is 11.3 Å². The third kappa shape index (κ3) is 2.68. The normalized spacial score (nSPS) is 11.6. The molecule has 25 heavy (non-hydrogen) atoms. The summed E-state index contributed by atoms with van der Waals surface area (Å²) in [6.07, 6.45) is 1.64. The van der Waals surface area contributed by atoms with Gasteiger partial charge in [-0.05, 0) is 12.1 Å². The highest BCUT2D eigenvalue weighted by atomic mass is 32.1. The van der Waals surface area contributed by atoms with Crippen LogP contribution in [0.4, 0.5) is 5.69 Å². The molecule has 0 spiro atoms. The van der Waals surface area contributed by atoms with Crippen LogP contribution in [-0.2, 0) is 0 Å². The summed E-state index contributed by atoms with van der Waals surface area (Å²) in [5.74, 6) is 1.38. The number of aromatic nitrogens is 2. The number of nitrogens with one attached hydrogen (secondary N) is 1. The Bertz CT molecular complexity index is 1080. The Hall–Kier alpha value is -3.06. The second kappa shape index (κ2) is 6.10. The smallest absolute Gasteiger partial charge is 0.198 e. The number of H-pyrrole nitrogens is 1. The maximum atomic E-state index is 10.3. The first-order valence-corrected chi connectivity index (χ1v) is 8.41. The molecule has 4 rings (SSSR count). The van der Waals surface area contributed by atoms with Crippen molar-refractivity contribution in [3.8, 4) is 17.4 Å². The Morgan fingerprint density at radius 1 is 1.16 bits per heavy atom. The average molecular weight is 353 g/mol. The van der Waals surface area contributed by atoms with Gasteiger partial charge in [0.2, 0.25) is 0 Å². The van der Waals surface area contributed by atoms with Gasteiger partial charge in [-0.25, -0.2) is 4.98 Å². The van der Waals surface area contributed by atoms with Gasteiger partial charge < -0.3 is 19.6 Å². The van der Waals surface area contributed by atoms with E-state index in [1.165, 1.54) is 11.3 Å². The van der Waals surface area contributed by atoms with Gasteiger partial charge in [0.15, 0.2) is 5.88 Å². The van der Waals surface area contributed by atoms with E-state index in [-0.39, 0.29) is 5.88 Å². The van der Waals surface area contributed by atoms with E-state index in [4.69, 9.17) is 9.47 Å². The number of fused-ring (bicyclic) bond motifs is 3. The zero-order chi connectivity index (χ0) is 17.4. The number of benzene rings is 2. The predicted molar refractivity (Wildman–Crippen MR) is 99.9 cm³/mol. The number of thiazole rings is 1. The van der Waals surface area contributed by atoms with Gasteiger partial charge in [-0.1, -0.05) is 0 Å². The number of hydrogen-bond donors (Lipinski definition) is 2. The molecule has 0 aliphatic carbocycles. The molecule has 126 valence electrons. The lowest BCUT2D eigenvalue weighted by Gasteiger charge is -2.05. The van der Waals surface area contributed by atoms with E-state index in [1.54, 1.807) is 44.1 Å². The summed E-state index contributed by atoms with van der Waals surface area (Å²) in [6.45, 7) is 0. The predicted octanol–water partition coefficient (Wildman–Crippen LogP) is 4.25. The molecule has 0 aliphatic heterocycles. The molecule has 0 saturated carbocycles. The van der Waals surface area contributed by atoms with Crippen LogP contribution in [0.15, 0.2) is 40.8 Å². The minimum atomic E-state index is 0.0783. The number of aromatic amines is 1. The number of hydrogen-bond acceptors (Lipinski definition) is 6. The second-order valence-corrected chi connectivity index (χ2v) is 6.26. The second-order valence-electron chi connectivity index (χ2n) is 5.41. The van der Waals surface area contributed by atoms with Crippen molar-refractivity contribution in [1.29, 1.82) is 0 Å². The van der Waals surface area contributed by atoms with Crippen molar-refractivity contribution < 1.29 is 14.6 Å². The first-order chi connectivity index (χ1) is 12.2. The van der Waals surface area contributed by atoms with E-state index >= 15 is 0 Å². The van der Waals surface area contributed by atoms with Gasteiger partial charge in [-0.3, -0.25) is 4.99 Å². The number of nitrogens with zero attached hydrogens (tertiary/aromatic N) is 2. The van der Waals surface area contributed by atoms with Crippen molar-refractivity contribution in [2.45, 2.75) is 0 Å². The van der Waals surface area contributed by atoms with Crippen LogP contribution < -0.4 is 9.47 Å². The SMILES string of the molecule is COc1cc(N=Cc2c(O)[nH]c3ccc4ncsc4c23)cc(OC)c1. The van der Waals surface area contributed by atoms with Gasteiger partial charge in [0, 0.05) is 29.8 Å². The summed E-state index contributed by atoms with van der Waals surface area (Å²) in [4.78, 5) is 11.8. The van der Waals surface area contributed by atoms with E-state index in [0.29, 0.717) is 22.7 Å². The molecule has 0 unspecified atom stereocenters. The Balaban J connectivity index is 1.84. The average Bonchev–Trinajstić information content (AvgIpc) is 3.22. The summed E-state index contributed by atoms with van der Waals surface area (Å²) >= 11 is 1.53. The van der Waals surface area contributed by atoms with Crippen LogP contribution in [0.5, 0.6) is 17.4 Å². The fourth-order valence-electron chi connectivity index (χ4n) is 2.75. The van der Waals surface area contributed by atoms with E-state index in [0.717, 1.165) is 21.1 Å². The maximum absolute atomic E-state index is 10.3. The molecular formula is C18H15N3O3S. The maximum Gasteiger partial charge on any atom is 0.198 e. The summed E-state index contributed by atoms with van der Waals surface area (Å²) in [5.41, 5.74) is 4.84. The highest BCUT2D eigenvalue weighted by Crippen LogP contribution is 2.35. The summed E-state index contributed by atoms with van der Waals surface area (Å²) < 4.78 is 11.5. The Labute approximate surface area is 147 Å². The highest BCUT2D eigenvalue weighted by molar-refractivity contribution is 7.17. The molecule has 2 heterocycles. The third-order valence-corrected chi connectivity index (χ3v) is 4.82. The Kier molecular flexibility index (Phi) is 3.77. The first kappa shape index (κ1) is 15.5.